The number of aryl methyl sites for hydroxylation is 1. The van der Waals surface area contributed by atoms with Gasteiger partial charge in [-0.05, 0) is 12.8 Å². The van der Waals surface area contributed by atoms with E-state index in [0.29, 0.717) is 6.04 Å². The van der Waals surface area contributed by atoms with Crippen LogP contribution in [-0.2, 0) is 13.6 Å². The molecule has 0 bridgehead atoms. The highest BCUT2D eigenvalue weighted by Crippen LogP contribution is 2.21. The molecule has 0 saturated heterocycles. The third-order valence-corrected chi connectivity index (χ3v) is 3.64. The Bertz CT molecular complexity index is 507. The molecule has 3 rings (SSSR count). The maximum Gasteiger partial charge on any atom is 0.203 e. The van der Waals surface area contributed by atoms with Gasteiger partial charge in [0.05, 0.1) is 6.54 Å². The molecule has 1 aliphatic rings. The van der Waals surface area contributed by atoms with Crippen molar-refractivity contribution < 1.29 is 0 Å². The Morgan fingerprint density at radius 2 is 2.00 bits per heavy atom. The van der Waals surface area contributed by atoms with E-state index < -0.39 is 0 Å². The van der Waals surface area contributed by atoms with Crippen molar-refractivity contribution in [2.24, 2.45) is 7.05 Å². The molecule has 0 spiro atoms. The quantitative estimate of drug-likeness (QED) is 0.896. The summed E-state index contributed by atoms with van der Waals surface area (Å²) in [7, 11) is 2.02. The maximum atomic E-state index is 4.40. The van der Waals surface area contributed by atoms with Crippen LogP contribution in [0.2, 0.25) is 0 Å². The van der Waals surface area contributed by atoms with Crippen LogP contribution in [0, 0.1) is 0 Å². The molecular formula is C13H19N5. The van der Waals surface area contributed by atoms with E-state index in [9.17, 15) is 0 Å². The predicted octanol–water partition coefficient (Wildman–Crippen LogP) is 2.02. The van der Waals surface area contributed by atoms with Gasteiger partial charge in [0.25, 0.3) is 0 Å². The van der Waals surface area contributed by atoms with Crippen LogP contribution in [0.5, 0.6) is 0 Å². The van der Waals surface area contributed by atoms with Gasteiger partial charge in [-0.2, -0.15) is 0 Å². The van der Waals surface area contributed by atoms with Gasteiger partial charge in [-0.15, -0.1) is 0 Å². The van der Waals surface area contributed by atoms with E-state index in [4.69, 9.17) is 0 Å². The van der Waals surface area contributed by atoms with Gasteiger partial charge in [0.15, 0.2) is 0 Å². The van der Waals surface area contributed by atoms with Crippen molar-refractivity contribution >= 4 is 5.95 Å². The summed E-state index contributed by atoms with van der Waals surface area (Å²) in [4.78, 5) is 8.75. The summed E-state index contributed by atoms with van der Waals surface area (Å²) in [6.07, 6.45) is 12.8. The molecule has 0 aromatic carbocycles. The Labute approximate surface area is 107 Å². The Balaban J connectivity index is 1.72. The lowest BCUT2D eigenvalue weighted by Gasteiger charge is -2.14. The van der Waals surface area contributed by atoms with Crippen molar-refractivity contribution in [3.05, 3.63) is 30.6 Å². The van der Waals surface area contributed by atoms with E-state index in [2.05, 4.69) is 19.9 Å². The van der Waals surface area contributed by atoms with Gasteiger partial charge in [-0.3, -0.25) is 0 Å². The summed E-state index contributed by atoms with van der Waals surface area (Å²) in [6, 6.07) is 0.590. The number of anilines is 1. The van der Waals surface area contributed by atoms with Crippen LogP contribution in [-0.4, -0.2) is 25.1 Å². The molecule has 0 aliphatic heterocycles. The zero-order chi connectivity index (χ0) is 12.4. The van der Waals surface area contributed by atoms with Crippen molar-refractivity contribution in [2.75, 3.05) is 5.32 Å². The van der Waals surface area contributed by atoms with Gasteiger partial charge in [0.2, 0.25) is 5.95 Å². The summed E-state index contributed by atoms with van der Waals surface area (Å²) < 4.78 is 4.17. The molecule has 18 heavy (non-hydrogen) atoms. The lowest BCUT2D eigenvalue weighted by atomic mass is 10.2. The van der Waals surface area contributed by atoms with Crippen molar-refractivity contribution in [1.82, 2.24) is 19.1 Å². The highest BCUT2D eigenvalue weighted by Gasteiger charge is 2.16. The van der Waals surface area contributed by atoms with E-state index in [0.717, 1.165) is 18.3 Å². The fourth-order valence-corrected chi connectivity index (χ4v) is 2.53. The van der Waals surface area contributed by atoms with E-state index in [1.165, 1.54) is 25.7 Å². The smallest absolute Gasteiger partial charge is 0.203 e. The van der Waals surface area contributed by atoms with Gasteiger partial charge >= 0.3 is 0 Å². The van der Waals surface area contributed by atoms with E-state index >= 15 is 0 Å². The van der Waals surface area contributed by atoms with Crippen molar-refractivity contribution in [3.63, 3.8) is 0 Å². The SMILES string of the molecule is Cn1ccnc1Cn1ccnc1NC1CCCC1. The van der Waals surface area contributed by atoms with Gasteiger partial charge in [0, 0.05) is 37.9 Å². The summed E-state index contributed by atoms with van der Waals surface area (Å²) in [5.74, 6) is 2.01. The zero-order valence-corrected chi connectivity index (χ0v) is 10.7. The molecule has 2 aromatic heterocycles. The molecule has 96 valence electrons. The maximum absolute atomic E-state index is 4.40. The third-order valence-electron chi connectivity index (χ3n) is 3.64. The number of hydrogen-bond donors (Lipinski definition) is 1. The van der Waals surface area contributed by atoms with Crippen LogP contribution < -0.4 is 5.32 Å². The topological polar surface area (TPSA) is 47.7 Å². The second-order valence-corrected chi connectivity index (χ2v) is 4.96. The fourth-order valence-electron chi connectivity index (χ4n) is 2.53. The molecule has 1 N–H and O–H groups in total. The molecule has 1 saturated carbocycles. The van der Waals surface area contributed by atoms with Gasteiger partial charge in [0.1, 0.15) is 5.82 Å². The molecule has 0 atom stereocenters. The first kappa shape index (κ1) is 11.3. The van der Waals surface area contributed by atoms with E-state index in [1.807, 2.05) is 36.4 Å². The summed E-state index contributed by atoms with van der Waals surface area (Å²) in [5, 5.41) is 3.54. The summed E-state index contributed by atoms with van der Waals surface area (Å²) >= 11 is 0. The molecule has 1 fully saturated rings. The van der Waals surface area contributed by atoms with Crippen molar-refractivity contribution in [3.8, 4) is 0 Å². The molecule has 2 aromatic rings. The first-order valence-electron chi connectivity index (χ1n) is 6.57. The minimum absolute atomic E-state index is 0.590. The predicted molar refractivity (Wildman–Crippen MR) is 70.4 cm³/mol. The average molecular weight is 245 g/mol. The highest BCUT2D eigenvalue weighted by atomic mass is 15.2. The number of aromatic nitrogens is 4. The normalized spacial score (nSPS) is 16.3. The minimum atomic E-state index is 0.590. The first-order chi connectivity index (χ1) is 8.83. The molecule has 0 amide bonds. The van der Waals surface area contributed by atoms with Crippen LogP contribution in [0.4, 0.5) is 5.95 Å². The monoisotopic (exact) mass is 245 g/mol. The molecule has 5 heteroatoms. The van der Waals surface area contributed by atoms with Crippen molar-refractivity contribution in [2.45, 2.75) is 38.3 Å². The minimum Gasteiger partial charge on any atom is -0.353 e. The molecule has 1 aliphatic carbocycles. The van der Waals surface area contributed by atoms with Crippen LogP contribution in [0.1, 0.15) is 31.5 Å². The summed E-state index contributed by atoms with van der Waals surface area (Å²) in [5.41, 5.74) is 0. The molecule has 5 nitrogen and oxygen atoms in total. The van der Waals surface area contributed by atoms with Crippen LogP contribution >= 0.6 is 0 Å². The largest absolute Gasteiger partial charge is 0.353 e. The molecule has 0 unspecified atom stereocenters. The van der Waals surface area contributed by atoms with E-state index in [1.54, 1.807) is 0 Å². The van der Waals surface area contributed by atoms with Gasteiger partial charge in [-0.25, -0.2) is 9.97 Å². The Morgan fingerprint density at radius 3 is 2.72 bits per heavy atom. The molecule has 0 radical (unpaired) electrons. The number of nitrogens with one attached hydrogen (secondary N) is 1. The highest BCUT2D eigenvalue weighted by molar-refractivity contribution is 5.28. The Kier molecular flexibility index (Phi) is 3.04. The second-order valence-electron chi connectivity index (χ2n) is 4.96. The van der Waals surface area contributed by atoms with Crippen molar-refractivity contribution in [1.29, 1.82) is 0 Å². The third kappa shape index (κ3) is 2.25. The summed E-state index contributed by atoms with van der Waals surface area (Å²) in [6.45, 7) is 0.762. The van der Waals surface area contributed by atoms with Crippen LogP contribution in [0.15, 0.2) is 24.8 Å². The first-order valence-corrected chi connectivity index (χ1v) is 6.57. The van der Waals surface area contributed by atoms with Crippen LogP contribution in [0.3, 0.4) is 0 Å². The average Bonchev–Trinajstić information content (AvgIpc) is 3.06. The standard InChI is InChI=1S/C13H19N5/c1-17-8-6-14-12(17)10-18-9-7-15-13(18)16-11-4-2-3-5-11/h6-9,11H,2-5,10H2,1H3,(H,15,16). The van der Waals surface area contributed by atoms with Gasteiger partial charge in [-0.1, -0.05) is 12.8 Å². The number of nitrogens with zero attached hydrogens (tertiary/aromatic N) is 4. The Morgan fingerprint density at radius 1 is 1.22 bits per heavy atom. The van der Waals surface area contributed by atoms with E-state index in [-0.39, 0.29) is 0 Å². The molecule has 2 heterocycles. The zero-order valence-electron chi connectivity index (χ0n) is 10.7. The van der Waals surface area contributed by atoms with Crippen LogP contribution in [0.25, 0.3) is 0 Å². The number of hydrogen-bond acceptors (Lipinski definition) is 3. The van der Waals surface area contributed by atoms with Gasteiger partial charge < -0.3 is 14.5 Å². The Hall–Kier alpha value is -1.78. The second kappa shape index (κ2) is 4.84. The number of rotatable bonds is 4. The fraction of sp³-hybridized carbons (Fsp3) is 0.538. The molecular weight excluding hydrogens is 226 g/mol. The lowest BCUT2D eigenvalue weighted by molar-refractivity contribution is 0.680. The lowest BCUT2D eigenvalue weighted by Crippen LogP contribution is -2.19. The number of imidazole rings is 2.